The van der Waals surface area contributed by atoms with Gasteiger partial charge in [0, 0.05) is 53.6 Å². The highest BCUT2D eigenvalue weighted by Gasteiger charge is 2.47. The third-order valence-corrected chi connectivity index (χ3v) is 12.1. The monoisotopic (exact) mass is 771 g/mol. The summed E-state index contributed by atoms with van der Waals surface area (Å²) in [4.78, 5) is 44.6. The van der Waals surface area contributed by atoms with Gasteiger partial charge in [-0.2, -0.15) is 0 Å². The number of rotatable bonds is 12. The molecule has 3 aromatic rings. The molecule has 2 aromatic carbocycles. The minimum atomic E-state index is -1.25. The molecular weight excluding hydrogens is 718 g/mol. The summed E-state index contributed by atoms with van der Waals surface area (Å²) in [7, 11) is 0. The molecule has 0 spiro atoms. The molecule has 7 rings (SSSR count). The van der Waals surface area contributed by atoms with Gasteiger partial charge in [0.05, 0.1) is 48.7 Å². The van der Waals surface area contributed by atoms with Crippen molar-refractivity contribution in [3.63, 3.8) is 0 Å². The van der Waals surface area contributed by atoms with E-state index in [-0.39, 0.29) is 79.2 Å². The topological polar surface area (TPSA) is 185 Å². The number of esters is 1. The van der Waals surface area contributed by atoms with Gasteiger partial charge in [-0.15, -0.1) is 0 Å². The van der Waals surface area contributed by atoms with Crippen LogP contribution in [0.4, 0.5) is 0 Å². The van der Waals surface area contributed by atoms with E-state index in [1.807, 2.05) is 24.4 Å². The van der Waals surface area contributed by atoms with E-state index in [9.17, 15) is 34.8 Å². The highest BCUT2D eigenvalue weighted by Crippen LogP contribution is 2.57. The van der Waals surface area contributed by atoms with Gasteiger partial charge >= 0.3 is 5.97 Å². The number of aromatic nitrogens is 1. The molecule has 12 nitrogen and oxygen atoms in total. The number of ketones is 1. The van der Waals surface area contributed by atoms with Gasteiger partial charge in [-0.3, -0.25) is 9.59 Å². The van der Waals surface area contributed by atoms with Gasteiger partial charge in [-0.25, -0.2) is 4.79 Å². The number of fused-ring (bicyclic) bond motifs is 7. The number of hydrogen-bond donors (Lipinski definition) is 5. The normalized spacial score (nSPS) is 23.0. The Kier molecular flexibility index (Phi) is 11.7. The SMILES string of the molecule is CCCCCCC(C)(O)C1Cc2c(c(CO)c3c4c2OCC(CO)CCc2cc5[nH]ccc5cc2C2CC(=C4C(C=O)=C(C(=O)OCC)O3)CC(CO)C2=O)O1. The van der Waals surface area contributed by atoms with Crippen LogP contribution in [-0.4, -0.2) is 81.6 Å². The Labute approximate surface area is 326 Å². The number of unbranched alkanes of at least 4 members (excludes halogenated alkanes) is 3. The molecule has 5 N–H and O–H groups in total. The number of hydrogen-bond acceptors (Lipinski definition) is 11. The first-order valence-corrected chi connectivity index (χ1v) is 20.1. The summed E-state index contributed by atoms with van der Waals surface area (Å²) in [6, 6.07) is 5.97. The first kappa shape index (κ1) is 39.7. The lowest BCUT2D eigenvalue weighted by Crippen LogP contribution is -2.42. The van der Waals surface area contributed by atoms with E-state index in [1.54, 1.807) is 13.8 Å². The van der Waals surface area contributed by atoms with Crippen LogP contribution in [0.2, 0.25) is 0 Å². The zero-order chi connectivity index (χ0) is 39.7. The number of aromatic amines is 1. The summed E-state index contributed by atoms with van der Waals surface area (Å²) in [5.41, 5.74) is 3.29. The van der Waals surface area contributed by atoms with E-state index in [2.05, 4.69) is 11.9 Å². The molecular formula is C44H53NO11. The Balaban J connectivity index is 1.50. The van der Waals surface area contributed by atoms with Gasteiger partial charge in [0.2, 0.25) is 5.76 Å². The van der Waals surface area contributed by atoms with Gasteiger partial charge in [-0.05, 0) is 80.7 Å². The molecule has 5 unspecified atom stereocenters. The predicted octanol–water partition coefficient (Wildman–Crippen LogP) is 5.54. The smallest absolute Gasteiger partial charge is 0.375 e. The number of carbonyl (C=O) groups excluding carboxylic acids is 3. The van der Waals surface area contributed by atoms with Gasteiger partial charge in [0.25, 0.3) is 0 Å². The third-order valence-electron chi connectivity index (χ3n) is 12.1. The molecule has 0 amide bonds. The van der Waals surface area contributed by atoms with Crippen molar-refractivity contribution in [2.45, 2.75) is 109 Å². The fourth-order valence-electron chi connectivity index (χ4n) is 9.01. The van der Waals surface area contributed by atoms with E-state index in [0.29, 0.717) is 53.6 Å². The summed E-state index contributed by atoms with van der Waals surface area (Å²) in [5, 5.41) is 45.2. The minimum Gasteiger partial charge on any atom is -0.492 e. The Morgan fingerprint density at radius 1 is 1.05 bits per heavy atom. The molecule has 56 heavy (non-hydrogen) atoms. The second-order valence-corrected chi connectivity index (χ2v) is 15.9. The fraction of sp³-hybridized carbons (Fsp3) is 0.523. The molecule has 1 aliphatic carbocycles. The van der Waals surface area contributed by atoms with Crippen LogP contribution in [-0.2, 0) is 38.6 Å². The number of Topliss-reactive ketones (excluding diaryl/α,β-unsaturated/α-hetero) is 1. The van der Waals surface area contributed by atoms with Crippen molar-refractivity contribution in [2.24, 2.45) is 11.8 Å². The predicted molar refractivity (Wildman–Crippen MR) is 207 cm³/mol. The number of benzene rings is 2. The summed E-state index contributed by atoms with van der Waals surface area (Å²) < 4.78 is 25.1. The summed E-state index contributed by atoms with van der Waals surface area (Å²) >= 11 is 0. The highest BCUT2D eigenvalue weighted by molar-refractivity contribution is 6.11. The second kappa shape index (κ2) is 16.5. The number of aliphatic hydroxyl groups excluding tert-OH is 3. The van der Waals surface area contributed by atoms with Crippen LogP contribution >= 0.6 is 0 Å². The molecule has 0 radical (unpaired) electrons. The maximum Gasteiger partial charge on any atom is 0.375 e. The molecule has 1 fully saturated rings. The van der Waals surface area contributed by atoms with Crippen molar-refractivity contribution >= 4 is 34.5 Å². The van der Waals surface area contributed by atoms with E-state index < -0.39 is 42.7 Å². The van der Waals surface area contributed by atoms with Crippen molar-refractivity contribution in [2.75, 3.05) is 26.4 Å². The zero-order valence-corrected chi connectivity index (χ0v) is 32.4. The van der Waals surface area contributed by atoms with Crippen LogP contribution in [0.25, 0.3) is 16.5 Å². The van der Waals surface area contributed by atoms with Gasteiger partial charge < -0.3 is 44.4 Å². The molecule has 0 saturated heterocycles. The van der Waals surface area contributed by atoms with Crippen molar-refractivity contribution in [1.82, 2.24) is 4.98 Å². The van der Waals surface area contributed by atoms with E-state index >= 15 is 0 Å². The van der Waals surface area contributed by atoms with Gasteiger partial charge in [0.15, 0.2) is 6.29 Å². The van der Waals surface area contributed by atoms with E-state index in [0.717, 1.165) is 47.7 Å². The largest absolute Gasteiger partial charge is 0.492 e. The van der Waals surface area contributed by atoms with Crippen LogP contribution in [0.5, 0.6) is 17.2 Å². The quantitative estimate of drug-likeness (QED) is 0.0886. The maximum atomic E-state index is 14.3. The third kappa shape index (κ3) is 7.17. The van der Waals surface area contributed by atoms with Gasteiger partial charge in [0.1, 0.15) is 29.1 Å². The molecule has 12 heteroatoms. The average molecular weight is 772 g/mol. The Morgan fingerprint density at radius 3 is 2.59 bits per heavy atom. The lowest BCUT2D eigenvalue weighted by Gasteiger charge is -2.34. The lowest BCUT2D eigenvalue weighted by molar-refractivity contribution is -0.141. The summed E-state index contributed by atoms with van der Waals surface area (Å²) in [6.45, 7) is 4.34. The van der Waals surface area contributed by atoms with E-state index in [4.69, 9.17) is 18.9 Å². The maximum absolute atomic E-state index is 14.3. The van der Waals surface area contributed by atoms with Crippen LogP contribution < -0.4 is 14.2 Å². The molecule has 1 aromatic heterocycles. The molecule has 300 valence electrons. The average Bonchev–Trinajstić information content (AvgIpc) is 3.86. The van der Waals surface area contributed by atoms with Gasteiger partial charge in [-0.1, -0.05) is 38.2 Å². The first-order chi connectivity index (χ1) is 27.1. The number of aldehydes is 1. The number of carbonyl (C=O) groups is 3. The summed E-state index contributed by atoms with van der Waals surface area (Å²) in [6.07, 6.45) is 7.48. The highest BCUT2D eigenvalue weighted by atomic mass is 16.6. The minimum absolute atomic E-state index is 0.00372. The number of aliphatic hydroxyl groups is 4. The number of H-pyrrole nitrogens is 1. The molecule has 4 aliphatic rings. The fourth-order valence-corrected chi connectivity index (χ4v) is 9.01. The Bertz CT molecular complexity index is 2070. The van der Waals surface area contributed by atoms with Crippen LogP contribution in [0.3, 0.4) is 0 Å². The van der Waals surface area contributed by atoms with Crippen molar-refractivity contribution in [3.8, 4) is 17.2 Å². The van der Waals surface area contributed by atoms with Crippen LogP contribution in [0.1, 0.15) is 106 Å². The number of allylic oxidation sites excluding steroid dienone is 3. The van der Waals surface area contributed by atoms with Crippen molar-refractivity contribution < 1.29 is 53.8 Å². The van der Waals surface area contributed by atoms with Crippen molar-refractivity contribution in [1.29, 1.82) is 0 Å². The zero-order valence-electron chi connectivity index (χ0n) is 32.4. The number of aryl methyl sites for hydroxylation is 1. The molecule has 4 heterocycles. The van der Waals surface area contributed by atoms with E-state index in [1.165, 1.54) is 0 Å². The summed E-state index contributed by atoms with van der Waals surface area (Å²) in [5.74, 6) is -2.69. The second-order valence-electron chi connectivity index (χ2n) is 15.9. The number of ether oxygens (including phenoxy) is 4. The lowest BCUT2D eigenvalue weighted by atomic mass is 9.70. The molecule has 5 atom stereocenters. The van der Waals surface area contributed by atoms with Crippen LogP contribution in [0, 0.1) is 11.8 Å². The Morgan fingerprint density at radius 2 is 1.88 bits per heavy atom. The Hall–Kier alpha value is -4.49. The molecule has 2 bridgehead atoms. The molecule has 1 saturated carbocycles. The first-order valence-electron chi connectivity index (χ1n) is 20.1. The van der Waals surface area contributed by atoms with Crippen LogP contribution in [0.15, 0.2) is 41.3 Å². The molecule has 3 aliphatic heterocycles. The van der Waals surface area contributed by atoms with Crippen molar-refractivity contribution in [3.05, 3.63) is 69.1 Å². The number of nitrogens with one attached hydrogen (secondary N) is 1. The standard InChI is InChI=1S/C44H53NO11/c1-4-6-7-8-12-44(3,52)35-18-31-39(55-35)33(22-49)41-37-36(32(21-48)42(56-41)43(51)53-5-2)27-14-28(20-47)38(50)30(16-27)29-15-26-11-13-45-34(26)17-25(29)10-9-24(19-46)23-54-40(31)37/h11,13,15,17,21,24,28,30,35,45-47,49,52H,4-10,12,14,16,18-20,22-23H2,1-3H3.